The minimum absolute atomic E-state index is 0.0462. The van der Waals surface area contributed by atoms with Crippen molar-refractivity contribution in [2.45, 2.75) is 58.1 Å². The van der Waals surface area contributed by atoms with E-state index in [1.54, 1.807) is 0 Å². The van der Waals surface area contributed by atoms with Gasteiger partial charge in [0.2, 0.25) is 0 Å². The molecule has 2 fully saturated rings. The van der Waals surface area contributed by atoms with Crippen LogP contribution in [0.15, 0.2) is 11.6 Å². The van der Waals surface area contributed by atoms with Crippen LogP contribution in [0.5, 0.6) is 0 Å². The number of nitrogens with zero attached hydrogens (tertiary/aromatic N) is 1. The van der Waals surface area contributed by atoms with Crippen molar-refractivity contribution in [3.63, 3.8) is 0 Å². The molecule has 0 amide bonds. The Morgan fingerprint density at radius 2 is 2.09 bits per heavy atom. The highest BCUT2D eigenvalue weighted by Crippen LogP contribution is 2.37. The summed E-state index contributed by atoms with van der Waals surface area (Å²) in [7, 11) is 0. The first-order valence-electron chi connectivity index (χ1n) is 9.10. The van der Waals surface area contributed by atoms with Gasteiger partial charge in [-0.15, -0.1) is 0 Å². The number of esters is 1. The normalized spacial score (nSPS) is 35.8. The Kier molecular flexibility index (Phi) is 5.19. The molecule has 4 atom stereocenters. The van der Waals surface area contributed by atoms with Crippen LogP contribution in [0.3, 0.4) is 0 Å². The number of carbonyl (C=O) groups is 1. The van der Waals surface area contributed by atoms with E-state index in [0.717, 1.165) is 57.4 Å². The third-order valence-corrected chi connectivity index (χ3v) is 5.77. The van der Waals surface area contributed by atoms with Crippen molar-refractivity contribution in [3.8, 4) is 0 Å². The molecule has 124 valence electrons. The molecule has 22 heavy (non-hydrogen) atoms. The monoisotopic (exact) mass is 306 g/mol. The van der Waals surface area contributed by atoms with Crippen LogP contribution >= 0.6 is 0 Å². The number of rotatable bonds is 4. The molecule has 1 N–H and O–H groups in total. The third-order valence-electron chi connectivity index (χ3n) is 5.77. The minimum atomic E-state index is -0.0462. The highest BCUT2D eigenvalue weighted by atomic mass is 16.5. The lowest BCUT2D eigenvalue weighted by Crippen LogP contribution is -2.46. The first kappa shape index (κ1) is 16.0. The topological polar surface area (TPSA) is 41.6 Å². The fraction of sp³-hybridized carbons (Fsp3) is 0.833. The van der Waals surface area contributed by atoms with Crippen LogP contribution in [-0.4, -0.2) is 49.2 Å². The Morgan fingerprint density at radius 1 is 1.27 bits per heavy atom. The Bertz CT molecular complexity index is 425. The molecule has 2 heterocycles. The Labute approximate surface area is 134 Å². The summed E-state index contributed by atoms with van der Waals surface area (Å²) in [6.07, 6.45) is 8.04. The van der Waals surface area contributed by atoms with Crippen molar-refractivity contribution in [2.75, 3.05) is 26.2 Å². The first-order chi connectivity index (χ1) is 10.7. The van der Waals surface area contributed by atoms with E-state index in [1.165, 1.54) is 6.42 Å². The second-order valence-corrected chi connectivity index (χ2v) is 6.96. The van der Waals surface area contributed by atoms with Crippen molar-refractivity contribution in [3.05, 3.63) is 11.6 Å². The number of carbonyl (C=O) groups excluding carboxylic acids is 1. The molecule has 4 heteroatoms. The van der Waals surface area contributed by atoms with E-state index in [2.05, 4.69) is 30.1 Å². The van der Waals surface area contributed by atoms with Crippen molar-refractivity contribution in [2.24, 2.45) is 11.8 Å². The first-order valence-corrected chi connectivity index (χ1v) is 9.10. The van der Waals surface area contributed by atoms with Crippen LogP contribution < -0.4 is 5.32 Å². The maximum absolute atomic E-state index is 12.4. The van der Waals surface area contributed by atoms with Crippen LogP contribution in [0, 0.1) is 11.8 Å². The number of piperidine rings is 1. The SMILES string of the molecule is CCN(CC)C1CCC2C=C(C3CCCNC3)C(=O)OC2C1. The maximum atomic E-state index is 12.4. The standard InChI is InChI=1S/C18H30N2O2/c1-3-20(4-2)15-8-7-13-10-16(14-6-5-9-19-12-14)18(21)22-17(13)11-15/h10,13-15,17,19H,3-9,11-12H2,1-2H3. The summed E-state index contributed by atoms with van der Waals surface area (Å²) in [6, 6.07) is 0.579. The van der Waals surface area contributed by atoms with E-state index < -0.39 is 0 Å². The van der Waals surface area contributed by atoms with Gasteiger partial charge in [-0.05, 0) is 45.3 Å². The summed E-state index contributed by atoms with van der Waals surface area (Å²) < 4.78 is 5.86. The maximum Gasteiger partial charge on any atom is 0.334 e. The molecule has 0 spiro atoms. The Balaban J connectivity index is 1.68. The average Bonchev–Trinajstić information content (AvgIpc) is 2.56. The molecule has 0 aromatic heterocycles. The molecular formula is C18H30N2O2. The number of ether oxygens (including phenoxy) is 1. The van der Waals surface area contributed by atoms with Crippen molar-refractivity contribution in [1.82, 2.24) is 10.2 Å². The van der Waals surface area contributed by atoms with E-state index in [0.29, 0.717) is 17.9 Å². The van der Waals surface area contributed by atoms with Gasteiger partial charge in [0.25, 0.3) is 0 Å². The zero-order valence-electron chi connectivity index (χ0n) is 14.0. The van der Waals surface area contributed by atoms with Gasteiger partial charge in [-0.1, -0.05) is 19.9 Å². The van der Waals surface area contributed by atoms with Crippen LogP contribution in [0.4, 0.5) is 0 Å². The van der Waals surface area contributed by atoms with Crippen LogP contribution in [0.1, 0.15) is 46.0 Å². The van der Waals surface area contributed by atoms with Crippen LogP contribution in [0.2, 0.25) is 0 Å². The predicted molar refractivity (Wildman–Crippen MR) is 87.6 cm³/mol. The molecule has 4 unspecified atom stereocenters. The summed E-state index contributed by atoms with van der Waals surface area (Å²) >= 11 is 0. The number of nitrogens with one attached hydrogen (secondary N) is 1. The van der Waals surface area contributed by atoms with Crippen LogP contribution in [-0.2, 0) is 9.53 Å². The summed E-state index contributed by atoms with van der Waals surface area (Å²) in [5.41, 5.74) is 0.953. The quantitative estimate of drug-likeness (QED) is 0.810. The van der Waals surface area contributed by atoms with Gasteiger partial charge in [-0.3, -0.25) is 0 Å². The Hall–Kier alpha value is -0.870. The summed E-state index contributed by atoms with van der Waals surface area (Å²) in [4.78, 5) is 14.9. The molecule has 0 aromatic carbocycles. The van der Waals surface area contributed by atoms with E-state index in [4.69, 9.17) is 4.74 Å². The molecule has 1 saturated carbocycles. The molecule has 1 saturated heterocycles. The molecular weight excluding hydrogens is 276 g/mol. The molecule has 4 nitrogen and oxygen atoms in total. The zero-order chi connectivity index (χ0) is 15.5. The van der Waals surface area contributed by atoms with E-state index in [-0.39, 0.29) is 12.1 Å². The van der Waals surface area contributed by atoms with Crippen molar-refractivity contribution in [1.29, 1.82) is 0 Å². The predicted octanol–water partition coefficient (Wildman–Crippen LogP) is 2.35. The van der Waals surface area contributed by atoms with Gasteiger partial charge < -0.3 is 15.0 Å². The van der Waals surface area contributed by atoms with Gasteiger partial charge >= 0.3 is 5.97 Å². The van der Waals surface area contributed by atoms with Crippen molar-refractivity contribution >= 4 is 5.97 Å². The fourth-order valence-corrected chi connectivity index (χ4v) is 4.45. The average molecular weight is 306 g/mol. The van der Waals surface area contributed by atoms with Crippen molar-refractivity contribution < 1.29 is 9.53 Å². The van der Waals surface area contributed by atoms with E-state index in [1.807, 2.05) is 0 Å². The lowest BCUT2D eigenvalue weighted by molar-refractivity contribution is -0.152. The largest absolute Gasteiger partial charge is 0.458 e. The number of hydrogen-bond acceptors (Lipinski definition) is 4. The Morgan fingerprint density at radius 3 is 2.77 bits per heavy atom. The van der Waals surface area contributed by atoms with Gasteiger partial charge in [0, 0.05) is 36.4 Å². The zero-order valence-corrected chi connectivity index (χ0v) is 14.0. The molecule has 0 bridgehead atoms. The second kappa shape index (κ2) is 7.14. The molecule has 1 aliphatic carbocycles. The second-order valence-electron chi connectivity index (χ2n) is 6.96. The highest BCUT2D eigenvalue weighted by Gasteiger charge is 2.39. The minimum Gasteiger partial charge on any atom is -0.458 e. The summed E-state index contributed by atoms with van der Waals surface area (Å²) in [5.74, 6) is 0.763. The van der Waals surface area contributed by atoms with E-state index in [9.17, 15) is 4.79 Å². The lowest BCUT2D eigenvalue weighted by atomic mass is 9.78. The molecule has 0 aromatic rings. The number of fused-ring (bicyclic) bond motifs is 1. The molecule has 2 aliphatic heterocycles. The van der Waals surface area contributed by atoms with Gasteiger partial charge in [0.15, 0.2) is 0 Å². The fourth-order valence-electron chi connectivity index (χ4n) is 4.45. The third kappa shape index (κ3) is 3.23. The number of hydrogen-bond donors (Lipinski definition) is 1. The summed E-state index contributed by atoms with van der Waals surface area (Å²) in [5, 5.41) is 3.41. The molecule has 3 rings (SSSR count). The van der Waals surface area contributed by atoms with Gasteiger partial charge in [-0.2, -0.15) is 0 Å². The van der Waals surface area contributed by atoms with Crippen LogP contribution in [0.25, 0.3) is 0 Å². The van der Waals surface area contributed by atoms with Gasteiger partial charge in [0.05, 0.1) is 0 Å². The smallest absolute Gasteiger partial charge is 0.334 e. The van der Waals surface area contributed by atoms with Gasteiger partial charge in [0.1, 0.15) is 6.10 Å². The highest BCUT2D eigenvalue weighted by molar-refractivity contribution is 5.90. The van der Waals surface area contributed by atoms with E-state index >= 15 is 0 Å². The summed E-state index contributed by atoms with van der Waals surface area (Å²) in [6.45, 7) is 8.62. The molecule has 0 radical (unpaired) electrons. The molecule has 3 aliphatic rings. The van der Waals surface area contributed by atoms with Gasteiger partial charge in [-0.25, -0.2) is 4.79 Å². The lowest BCUT2D eigenvalue weighted by Gasteiger charge is -2.42.